The fourth-order valence-electron chi connectivity index (χ4n) is 5.03. The Morgan fingerprint density at radius 2 is 1.85 bits per heavy atom. The molecule has 0 unspecified atom stereocenters. The first-order chi connectivity index (χ1) is 15.9. The number of aromatic nitrogens is 2. The van der Waals surface area contributed by atoms with E-state index in [0.29, 0.717) is 0 Å². The number of para-hydroxylation sites is 1. The average molecular weight is 462 g/mol. The molecule has 6 heteroatoms. The Hall–Kier alpha value is -2.70. The summed E-state index contributed by atoms with van der Waals surface area (Å²) in [6.07, 6.45) is 3.93. The van der Waals surface area contributed by atoms with Gasteiger partial charge in [-0.1, -0.05) is 31.2 Å². The van der Waals surface area contributed by atoms with E-state index in [0.717, 1.165) is 36.7 Å². The molecule has 0 spiro atoms. The molecule has 0 aliphatic carbocycles. The lowest BCUT2D eigenvalue weighted by molar-refractivity contribution is 0.292. The fraction of sp³-hybridized carbons (Fsp3) is 0.407. The van der Waals surface area contributed by atoms with Crippen molar-refractivity contribution in [2.75, 3.05) is 27.2 Å². The number of pyridine rings is 1. The Bertz CT molecular complexity index is 1100. The Morgan fingerprint density at radius 3 is 2.55 bits per heavy atom. The molecule has 4 rings (SSSR count). The van der Waals surface area contributed by atoms with Crippen LogP contribution in [-0.2, 0) is 6.42 Å². The lowest BCUT2D eigenvalue weighted by Crippen LogP contribution is -2.32. The molecule has 5 nitrogen and oxygen atoms in total. The molecule has 1 saturated heterocycles. The highest BCUT2D eigenvalue weighted by atomic mass is 32.1. The minimum absolute atomic E-state index is 0.0217. The minimum Gasteiger partial charge on any atom is -0.352 e. The van der Waals surface area contributed by atoms with Gasteiger partial charge in [-0.2, -0.15) is 0 Å². The molecule has 2 atom stereocenters. The smallest absolute Gasteiger partial charge is 0.170 e. The van der Waals surface area contributed by atoms with Crippen LogP contribution >= 0.6 is 12.2 Å². The zero-order valence-electron chi connectivity index (χ0n) is 20.4. The Balaban J connectivity index is 1.79. The summed E-state index contributed by atoms with van der Waals surface area (Å²) in [5, 5.41) is 4.41. The molecule has 0 bridgehead atoms. The minimum atomic E-state index is 0.0217. The van der Waals surface area contributed by atoms with Crippen molar-refractivity contribution in [3.05, 3.63) is 82.9 Å². The van der Waals surface area contributed by atoms with Crippen molar-refractivity contribution in [3.63, 3.8) is 0 Å². The summed E-state index contributed by atoms with van der Waals surface area (Å²) >= 11 is 5.86. The summed E-state index contributed by atoms with van der Waals surface area (Å²) in [5.41, 5.74) is 7.47. The second-order valence-electron chi connectivity index (χ2n) is 9.12. The molecule has 0 radical (unpaired) electrons. The van der Waals surface area contributed by atoms with Crippen molar-refractivity contribution >= 4 is 17.3 Å². The molecule has 174 valence electrons. The van der Waals surface area contributed by atoms with E-state index in [1.807, 2.05) is 12.3 Å². The molecule has 0 saturated carbocycles. The van der Waals surface area contributed by atoms with Crippen LogP contribution in [0.25, 0.3) is 5.69 Å². The quantitative estimate of drug-likeness (QED) is 0.479. The molecule has 3 heterocycles. The predicted molar refractivity (Wildman–Crippen MR) is 140 cm³/mol. The molecule has 0 amide bonds. The first kappa shape index (κ1) is 23.5. The van der Waals surface area contributed by atoms with E-state index in [2.05, 4.69) is 97.0 Å². The lowest BCUT2D eigenvalue weighted by atomic mass is 9.96. The maximum absolute atomic E-state index is 5.86. The third-order valence-electron chi connectivity index (χ3n) is 6.60. The molecule has 3 aromatic rings. The van der Waals surface area contributed by atoms with Crippen molar-refractivity contribution in [2.24, 2.45) is 0 Å². The van der Waals surface area contributed by atoms with E-state index >= 15 is 0 Å². The maximum Gasteiger partial charge on any atom is 0.170 e. The third-order valence-corrected chi connectivity index (χ3v) is 6.96. The standard InChI is InChI=1S/C27H35N5S/c1-6-21-12-7-8-14-24(21)32-19(2)18-22(20(32)3)26-25(23-13-9-10-15-28-23)29-27(33)31(26)17-11-16-30(4)5/h7-10,12-15,18,25-26H,6,11,16-17H2,1-5H3,(H,29,33)/t25-,26-/m0/s1. The Morgan fingerprint density at radius 1 is 1.09 bits per heavy atom. The van der Waals surface area contributed by atoms with Crippen LogP contribution in [0.4, 0.5) is 0 Å². The first-order valence-electron chi connectivity index (χ1n) is 11.8. The van der Waals surface area contributed by atoms with E-state index < -0.39 is 0 Å². The molecule has 1 aromatic carbocycles. The number of thiocarbonyl (C=S) groups is 1. The van der Waals surface area contributed by atoms with Crippen molar-refractivity contribution in [1.29, 1.82) is 0 Å². The predicted octanol–water partition coefficient (Wildman–Crippen LogP) is 4.98. The maximum atomic E-state index is 5.86. The van der Waals surface area contributed by atoms with Crippen molar-refractivity contribution in [1.82, 2.24) is 24.7 Å². The number of rotatable bonds is 8. The third kappa shape index (κ3) is 4.68. The highest BCUT2D eigenvalue weighted by Crippen LogP contribution is 2.41. The lowest BCUT2D eigenvalue weighted by Gasteiger charge is -2.28. The van der Waals surface area contributed by atoms with Gasteiger partial charge in [-0.25, -0.2) is 0 Å². The summed E-state index contributed by atoms with van der Waals surface area (Å²) in [6.45, 7) is 8.60. The van der Waals surface area contributed by atoms with Crippen molar-refractivity contribution in [3.8, 4) is 5.69 Å². The molecular weight excluding hydrogens is 426 g/mol. The van der Waals surface area contributed by atoms with Crippen LogP contribution in [0.1, 0.15) is 53.6 Å². The number of hydrogen-bond acceptors (Lipinski definition) is 3. The van der Waals surface area contributed by atoms with Gasteiger partial charge < -0.3 is 19.7 Å². The normalized spacial score (nSPS) is 18.2. The van der Waals surface area contributed by atoms with Crippen LogP contribution in [0, 0.1) is 13.8 Å². The molecule has 1 aliphatic heterocycles. The Labute approximate surface area is 203 Å². The number of nitrogens with zero attached hydrogens (tertiary/aromatic N) is 4. The fourth-order valence-corrected chi connectivity index (χ4v) is 5.36. The summed E-state index contributed by atoms with van der Waals surface area (Å²) in [7, 11) is 4.24. The number of benzene rings is 1. The number of hydrogen-bond donors (Lipinski definition) is 1. The zero-order valence-corrected chi connectivity index (χ0v) is 21.2. The second-order valence-corrected chi connectivity index (χ2v) is 9.51. The molecule has 2 aromatic heterocycles. The van der Waals surface area contributed by atoms with Gasteiger partial charge in [0.05, 0.1) is 17.8 Å². The molecule has 33 heavy (non-hydrogen) atoms. The van der Waals surface area contributed by atoms with Crippen LogP contribution < -0.4 is 5.32 Å². The van der Waals surface area contributed by atoms with Crippen LogP contribution in [0.5, 0.6) is 0 Å². The number of nitrogens with one attached hydrogen (secondary N) is 1. The van der Waals surface area contributed by atoms with Gasteiger partial charge in [-0.05, 0) is 94.9 Å². The van der Waals surface area contributed by atoms with Gasteiger partial charge in [0.2, 0.25) is 0 Å². The molecular formula is C27H35N5S. The van der Waals surface area contributed by atoms with Gasteiger partial charge in [-0.3, -0.25) is 4.98 Å². The van der Waals surface area contributed by atoms with E-state index in [4.69, 9.17) is 17.2 Å². The van der Waals surface area contributed by atoms with Crippen LogP contribution in [-0.4, -0.2) is 51.6 Å². The van der Waals surface area contributed by atoms with Gasteiger partial charge in [0, 0.05) is 29.8 Å². The van der Waals surface area contributed by atoms with E-state index in [1.54, 1.807) is 0 Å². The monoisotopic (exact) mass is 461 g/mol. The van der Waals surface area contributed by atoms with E-state index in [-0.39, 0.29) is 12.1 Å². The molecule has 1 N–H and O–H groups in total. The first-order valence-corrected chi connectivity index (χ1v) is 12.2. The van der Waals surface area contributed by atoms with Crippen molar-refractivity contribution in [2.45, 2.75) is 45.7 Å². The topological polar surface area (TPSA) is 36.3 Å². The molecule has 1 fully saturated rings. The SMILES string of the molecule is CCc1ccccc1-n1c(C)cc([C@H]2[C@H](c3ccccn3)NC(=S)N2CCCN(C)C)c1C. The zero-order chi connectivity index (χ0) is 23.5. The van der Waals surface area contributed by atoms with Gasteiger partial charge in [0.25, 0.3) is 0 Å². The van der Waals surface area contributed by atoms with Crippen LogP contribution in [0.3, 0.4) is 0 Å². The summed E-state index contributed by atoms with van der Waals surface area (Å²) < 4.78 is 2.41. The summed E-state index contributed by atoms with van der Waals surface area (Å²) in [5.74, 6) is 0. The van der Waals surface area contributed by atoms with Gasteiger partial charge in [0.1, 0.15) is 0 Å². The second kappa shape index (κ2) is 10.1. The summed E-state index contributed by atoms with van der Waals surface area (Å²) in [6, 6.07) is 17.3. The van der Waals surface area contributed by atoms with Crippen LogP contribution in [0.2, 0.25) is 0 Å². The van der Waals surface area contributed by atoms with E-state index in [9.17, 15) is 0 Å². The molecule has 1 aliphatic rings. The summed E-state index contributed by atoms with van der Waals surface area (Å²) in [4.78, 5) is 9.29. The Kier molecular flexibility index (Phi) is 7.15. The van der Waals surface area contributed by atoms with Gasteiger partial charge in [-0.15, -0.1) is 0 Å². The average Bonchev–Trinajstić information content (AvgIpc) is 3.29. The number of aryl methyl sites for hydroxylation is 2. The van der Waals surface area contributed by atoms with Crippen LogP contribution in [0.15, 0.2) is 54.7 Å². The largest absolute Gasteiger partial charge is 0.352 e. The van der Waals surface area contributed by atoms with Gasteiger partial charge >= 0.3 is 0 Å². The van der Waals surface area contributed by atoms with Crippen molar-refractivity contribution < 1.29 is 0 Å². The highest BCUT2D eigenvalue weighted by Gasteiger charge is 2.41. The van der Waals surface area contributed by atoms with E-state index in [1.165, 1.54) is 28.2 Å². The van der Waals surface area contributed by atoms with Gasteiger partial charge in [0.15, 0.2) is 5.11 Å². The highest BCUT2D eigenvalue weighted by molar-refractivity contribution is 7.80.